The Bertz CT molecular complexity index is 1050. The molecule has 10 heteroatoms. The van der Waals surface area contributed by atoms with Crippen LogP contribution in [0.15, 0.2) is 47.8 Å². The zero-order valence-electron chi connectivity index (χ0n) is 14.3. The van der Waals surface area contributed by atoms with Crippen molar-refractivity contribution in [2.45, 2.75) is 5.75 Å². The van der Waals surface area contributed by atoms with Gasteiger partial charge in [-0.3, -0.25) is 5.32 Å². The van der Waals surface area contributed by atoms with E-state index in [-0.39, 0.29) is 17.6 Å². The van der Waals surface area contributed by atoms with Crippen molar-refractivity contribution in [1.29, 1.82) is 0 Å². The monoisotopic (exact) mass is 403 g/mol. The highest BCUT2D eigenvalue weighted by Crippen LogP contribution is 2.21. The third kappa shape index (κ3) is 5.50. The summed E-state index contributed by atoms with van der Waals surface area (Å²) in [4.78, 5) is 20.4. The van der Waals surface area contributed by atoms with Crippen molar-refractivity contribution in [3.8, 4) is 11.4 Å². The van der Waals surface area contributed by atoms with Crippen molar-refractivity contribution in [2.75, 3.05) is 22.6 Å². The minimum absolute atomic E-state index is 0.191. The average Bonchev–Trinajstić information content (AvgIpc) is 3.06. The number of hydrogen-bond acceptors (Lipinski definition) is 7. The second-order valence-electron chi connectivity index (χ2n) is 5.81. The minimum Gasteiger partial charge on any atom is -0.384 e. The summed E-state index contributed by atoms with van der Waals surface area (Å²) in [6, 6.07) is 11.6. The number of benzene rings is 1. The molecule has 0 aliphatic carbocycles. The van der Waals surface area contributed by atoms with E-state index in [1.807, 2.05) is 11.4 Å². The fraction of sp³-hybridized carbons (Fsp3) is 0.118. The molecule has 0 atom stereocenters. The lowest BCUT2D eigenvalue weighted by Gasteiger charge is -2.08. The summed E-state index contributed by atoms with van der Waals surface area (Å²) < 4.78 is 22.9. The van der Waals surface area contributed by atoms with Gasteiger partial charge in [0.15, 0.2) is 15.7 Å². The molecule has 0 aliphatic heterocycles. The topological polar surface area (TPSA) is 127 Å². The van der Waals surface area contributed by atoms with Gasteiger partial charge in [0.25, 0.3) is 0 Å². The molecule has 3 aromatic rings. The molecule has 4 N–H and O–H groups in total. The van der Waals surface area contributed by atoms with E-state index in [1.54, 1.807) is 30.3 Å². The molecule has 8 nitrogen and oxygen atoms in total. The molecule has 0 saturated carbocycles. The molecule has 0 aliphatic rings. The number of nitrogens with two attached hydrogens (primary N) is 1. The van der Waals surface area contributed by atoms with E-state index in [0.717, 1.165) is 11.3 Å². The van der Waals surface area contributed by atoms with Crippen LogP contribution >= 0.6 is 11.3 Å². The summed E-state index contributed by atoms with van der Waals surface area (Å²) in [6.45, 7) is 0. The molecule has 2 aromatic heterocycles. The zero-order chi connectivity index (χ0) is 19.4. The minimum atomic E-state index is -3.23. The maximum Gasteiger partial charge on any atom is 0.324 e. The molecular formula is C17H17N5O3S2. The fourth-order valence-electron chi connectivity index (χ4n) is 2.32. The van der Waals surface area contributed by atoms with E-state index in [2.05, 4.69) is 20.6 Å². The van der Waals surface area contributed by atoms with Gasteiger partial charge >= 0.3 is 6.03 Å². The Hall–Kier alpha value is -2.98. The van der Waals surface area contributed by atoms with E-state index < -0.39 is 9.84 Å². The van der Waals surface area contributed by atoms with Crippen LogP contribution in [-0.2, 0) is 15.6 Å². The van der Waals surface area contributed by atoms with Crippen LogP contribution in [0.1, 0.15) is 5.69 Å². The molecule has 0 spiro atoms. The molecule has 140 valence electrons. The van der Waals surface area contributed by atoms with Crippen LogP contribution < -0.4 is 16.4 Å². The fourth-order valence-corrected chi connectivity index (χ4v) is 3.61. The number of hydrogen-bond donors (Lipinski definition) is 3. The van der Waals surface area contributed by atoms with E-state index in [1.165, 1.54) is 17.4 Å². The Kier molecular flexibility index (Phi) is 5.38. The normalized spacial score (nSPS) is 11.1. The highest BCUT2D eigenvalue weighted by atomic mass is 32.2. The number of aromatic nitrogens is 2. The lowest BCUT2D eigenvalue weighted by molar-refractivity contribution is 0.262. The second kappa shape index (κ2) is 7.72. The van der Waals surface area contributed by atoms with Crippen LogP contribution in [0.3, 0.4) is 0 Å². The number of anilines is 3. The SMILES string of the molecule is CS(=O)(=O)Cc1cc(N)nc(-c2ccc(NC(=O)Nc3cccs3)cc2)n1. The summed E-state index contributed by atoms with van der Waals surface area (Å²) in [5.41, 5.74) is 7.34. The van der Waals surface area contributed by atoms with Crippen LogP contribution in [-0.4, -0.2) is 30.7 Å². The van der Waals surface area contributed by atoms with Crippen LogP contribution in [0, 0.1) is 0 Å². The van der Waals surface area contributed by atoms with Crippen LogP contribution in [0.2, 0.25) is 0 Å². The Morgan fingerprint density at radius 1 is 1.15 bits per heavy atom. The van der Waals surface area contributed by atoms with Crippen LogP contribution in [0.4, 0.5) is 21.3 Å². The summed E-state index contributed by atoms with van der Waals surface area (Å²) in [6.07, 6.45) is 1.13. The molecule has 0 saturated heterocycles. The Labute approximate surface area is 160 Å². The molecule has 0 bridgehead atoms. The number of rotatable bonds is 5. The van der Waals surface area contributed by atoms with Gasteiger partial charge in [-0.2, -0.15) is 0 Å². The number of nitrogens with one attached hydrogen (secondary N) is 2. The number of nitrogen functional groups attached to an aromatic ring is 1. The Morgan fingerprint density at radius 2 is 1.89 bits per heavy atom. The zero-order valence-corrected chi connectivity index (χ0v) is 16.0. The summed E-state index contributed by atoms with van der Waals surface area (Å²) in [5.74, 6) is 0.300. The van der Waals surface area contributed by atoms with Gasteiger partial charge in [-0.15, -0.1) is 11.3 Å². The predicted molar refractivity (Wildman–Crippen MR) is 107 cm³/mol. The molecule has 27 heavy (non-hydrogen) atoms. The van der Waals surface area contributed by atoms with Crippen LogP contribution in [0.25, 0.3) is 11.4 Å². The molecule has 0 fully saturated rings. The van der Waals surface area contributed by atoms with E-state index in [9.17, 15) is 13.2 Å². The highest BCUT2D eigenvalue weighted by Gasteiger charge is 2.11. The largest absolute Gasteiger partial charge is 0.384 e. The first-order valence-electron chi connectivity index (χ1n) is 7.81. The predicted octanol–water partition coefficient (Wildman–Crippen LogP) is 2.98. The number of carbonyl (C=O) groups is 1. The van der Waals surface area contributed by atoms with Gasteiger partial charge in [0, 0.05) is 23.6 Å². The lowest BCUT2D eigenvalue weighted by Crippen LogP contribution is -2.18. The second-order valence-corrected chi connectivity index (χ2v) is 8.90. The number of nitrogens with zero attached hydrogens (tertiary/aromatic N) is 2. The molecule has 2 amide bonds. The molecule has 1 aromatic carbocycles. The van der Waals surface area contributed by atoms with Crippen molar-refractivity contribution >= 4 is 43.7 Å². The maximum absolute atomic E-state index is 11.9. The molecule has 0 radical (unpaired) electrons. The first-order chi connectivity index (χ1) is 12.8. The molecule has 2 heterocycles. The van der Waals surface area contributed by atoms with Crippen LogP contribution in [0.5, 0.6) is 0 Å². The smallest absolute Gasteiger partial charge is 0.324 e. The van der Waals surface area contributed by atoms with Gasteiger partial charge in [0.2, 0.25) is 0 Å². The van der Waals surface area contributed by atoms with Gasteiger partial charge in [0.1, 0.15) is 5.82 Å². The number of amides is 2. The van der Waals surface area contributed by atoms with E-state index in [4.69, 9.17) is 5.73 Å². The number of carbonyl (C=O) groups excluding carboxylic acids is 1. The van der Waals surface area contributed by atoms with Gasteiger partial charge in [-0.25, -0.2) is 23.2 Å². The van der Waals surface area contributed by atoms with Crippen molar-refractivity contribution in [3.63, 3.8) is 0 Å². The van der Waals surface area contributed by atoms with Gasteiger partial charge in [0.05, 0.1) is 16.4 Å². The standard InChI is InChI=1S/C17H17N5O3S2/c1-27(24,25)10-13-9-14(18)21-16(19-13)11-4-6-12(7-5-11)20-17(23)22-15-3-2-8-26-15/h2-9H,10H2,1H3,(H2,18,19,21)(H2,20,22,23). The first-order valence-corrected chi connectivity index (χ1v) is 10.8. The van der Waals surface area contributed by atoms with Gasteiger partial charge < -0.3 is 11.1 Å². The van der Waals surface area contributed by atoms with Gasteiger partial charge in [-0.05, 0) is 41.8 Å². The summed E-state index contributed by atoms with van der Waals surface area (Å²) in [7, 11) is -3.23. The molecule has 0 unspecified atom stereocenters. The first kappa shape index (κ1) is 18.8. The van der Waals surface area contributed by atoms with Crippen molar-refractivity contribution in [3.05, 3.63) is 53.5 Å². The third-order valence-electron chi connectivity index (χ3n) is 3.37. The Balaban J connectivity index is 1.74. The number of sulfone groups is 1. The third-order valence-corrected chi connectivity index (χ3v) is 4.97. The van der Waals surface area contributed by atoms with E-state index in [0.29, 0.717) is 22.8 Å². The maximum atomic E-state index is 11.9. The number of thiophene rings is 1. The number of urea groups is 1. The summed E-state index contributed by atoms with van der Waals surface area (Å²) in [5, 5.41) is 8.06. The lowest BCUT2D eigenvalue weighted by atomic mass is 10.2. The van der Waals surface area contributed by atoms with Gasteiger partial charge in [-0.1, -0.05) is 0 Å². The quantitative estimate of drug-likeness (QED) is 0.601. The molecule has 3 rings (SSSR count). The highest BCUT2D eigenvalue weighted by molar-refractivity contribution is 7.89. The van der Waals surface area contributed by atoms with Crippen molar-refractivity contribution < 1.29 is 13.2 Å². The summed E-state index contributed by atoms with van der Waals surface area (Å²) >= 11 is 1.42. The molecular weight excluding hydrogens is 386 g/mol. The average molecular weight is 403 g/mol. The van der Waals surface area contributed by atoms with Crippen molar-refractivity contribution in [1.82, 2.24) is 9.97 Å². The van der Waals surface area contributed by atoms with Crippen molar-refractivity contribution in [2.24, 2.45) is 0 Å². The Morgan fingerprint density at radius 3 is 2.52 bits per heavy atom. The van der Waals surface area contributed by atoms with E-state index >= 15 is 0 Å².